The van der Waals surface area contributed by atoms with E-state index >= 15 is 0 Å². The maximum absolute atomic E-state index is 13.0. The number of halogens is 3. The Labute approximate surface area is 136 Å². The van der Waals surface area contributed by atoms with Gasteiger partial charge in [0.05, 0.1) is 5.56 Å². The smallest absolute Gasteiger partial charge is 0.380 e. The number of pyridine rings is 1. The molecule has 3 nitrogen and oxygen atoms in total. The third-order valence-corrected chi connectivity index (χ3v) is 3.78. The van der Waals surface area contributed by atoms with Crippen molar-refractivity contribution in [1.82, 2.24) is 4.98 Å². The predicted molar refractivity (Wildman–Crippen MR) is 88.1 cm³/mol. The van der Waals surface area contributed by atoms with Crippen LogP contribution in [-0.2, 0) is 12.7 Å². The first-order valence-electron chi connectivity index (χ1n) is 7.37. The minimum atomic E-state index is -4.45. The van der Waals surface area contributed by atoms with Gasteiger partial charge in [-0.25, -0.2) is 0 Å². The highest BCUT2D eigenvalue weighted by Crippen LogP contribution is 2.34. The van der Waals surface area contributed by atoms with Gasteiger partial charge < -0.3 is 10.3 Å². The first-order valence-corrected chi connectivity index (χ1v) is 7.37. The third-order valence-electron chi connectivity index (χ3n) is 3.78. The second kappa shape index (κ2) is 6.03. The lowest BCUT2D eigenvalue weighted by Crippen LogP contribution is -2.17. The van der Waals surface area contributed by atoms with Crippen molar-refractivity contribution in [3.63, 3.8) is 0 Å². The van der Waals surface area contributed by atoms with Crippen LogP contribution >= 0.6 is 0 Å². The Hall–Kier alpha value is -2.76. The Balaban J connectivity index is 1.92. The van der Waals surface area contributed by atoms with E-state index in [1.807, 2.05) is 25.1 Å². The number of nitrogens with one attached hydrogen (secondary N) is 2. The summed E-state index contributed by atoms with van der Waals surface area (Å²) in [6, 6.07) is 12.5. The molecule has 0 aliphatic rings. The number of hydrogen-bond donors (Lipinski definition) is 2. The molecule has 24 heavy (non-hydrogen) atoms. The van der Waals surface area contributed by atoms with E-state index in [4.69, 9.17) is 0 Å². The molecule has 0 aliphatic heterocycles. The van der Waals surface area contributed by atoms with Crippen LogP contribution in [0.3, 0.4) is 0 Å². The van der Waals surface area contributed by atoms with Crippen LogP contribution < -0.4 is 10.9 Å². The van der Waals surface area contributed by atoms with Crippen molar-refractivity contribution in [3.8, 4) is 0 Å². The van der Waals surface area contributed by atoms with E-state index in [1.54, 1.807) is 6.07 Å². The Kier molecular flexibility index (Phi) is 4.05. The molecule has 1 heterocycles. The molecule has 0 spiro atoms. The van der Waals surface area contributed by atoms with Crippen LogP contribution in [0, 0.1) is 6.92 Å². The number of alkyl halides is 3. The summed E-state index contributed by atoms with van der Waals surface area (Å²) in [5.74, 6) is 0. The van der Waals surface area contributed by atoms with Gasteiger partial charge in [-0.15, -0.1) is 0 Å². The molecule has 0 saturated carbocycles. The molecule has 0 aliphatic carbocycles. The van der Waals surface area contributed by atoms with Gasteiger partial charge in [0, 0.05) is 23.3 Å². The number of rotatable bonds is 3. The molecule has 0 atom stereocenters. The Morgan fingerprint density at radius 3 is 2.58 bits per heavy atom. The van der Waals surface area contributed by atoms with E-state index in [9.17, 15) is 18.0 Å². The van der Waals surface area contributed by atoms with Gasteiger partial charge >= 0.3 is 6.18 Å². The van der Waals surface area contributed by atoms with Gasteiger partial charge in [-0.05, 0) is 42.6 Å². The van der Waals surface area contributed by atoms with Crippen LogP contribution in [0.4, 0.5) is 18.9 Å². The molecule has 0 amide bonds. The molecule has 2 aromatic carbocycles. The maximum Gasteiger partial charge on any atom is 0.418 e. The summed E-state index contributed by atoms with van der Waals surface area (Å²) in [5.41, 5.74) is 1.00. The lowest BCUT2D eigenvalue weighted by atomic mass is 10.1. The standard InChI is InChI=1S/C18H15F3N2O/c1-11-6-7-15-12(8-11)9-13(17(24)23-15)10-22-16-5-3-2-4-14(16)18(19,20)21/h2-9,22H,10H2,1H3,(H,23,24). The minimum absolute atomic E-state index is 0.00626. The second-order valence-corrected chi connectivity index (χ2v) is 5.61. The molecule has 0 saturated heterocycles. The zero-order valence-electron chi connectivity index (χ0n) is 12.9. The molecular weight excluding hydrogens is 317 g/mol. The SMILES string of the molecule is Cc1ccc2[nH]c(=O)c(CNc3ccccc3C(F)(F)F)cc2c1. The highest BCUT2D eigenvalue weighted by Gasteiger charge is 2.33. The van der Waals surface area contributed by atoms with E-state index in [0.717, 1.165) is 17.0 Å². The van der Waals surface area contributed by atoms with Crippen molar-refractivity contribution in [1.29, 1.82) is 0 Å². The van der Waals surface area contributed by atoms with Gasteiger partial charge in [0.15, 0.2) is 0 Å². The molecule has 0 bridgehead atoms. The lowest BCUT2D eigenvalue weighted by Gasteiger charge is -2.14. The van der Waals surface area contributed by atoms with E-state index < -0.39 is 11.7 Å². The molecule has 1 aromatic heterocycles. The summed E-state index contributed by atoms with van der Waals surface area (Å²) < 4.78 is 39.0. The number of H-pyrrole nitrogens is 1. The van der Waals surface area contributed by atoms with Crippen molar-refractivity contribution >= 4 is 16.6 Å². The van der Waals surface area contributed by atoms with Crippen molar-refractivity contribution in [3.05, 3.63) is 75.6 Å². The van der Waals surface area contributed by atoms with Crippen molar-refractivity contribution in [2.24, 2.45) is 0 Å². The quantitative estimate of drug-likeness (QED) is 0.743. The maximum atomic E-state index is 13.0. The summed E-state index contributed by atoms with van der Waals surface area (Å²) in [6.07, 6.45) is -4.45. The summed E-state index contributed by atoms with van der Waals surface area (Å²) in [6.45, 7) is 1.94. The Morgan fingerprint density at radius 2 is 1.83 bits per heavy atom. The topological polar surface area (TPSA) is 44.9 Å². The number of aromatic amines is 1. The van der Waals surface area contributed by atoms with Crippen molar-refractivity contribution < 1.29 is 13.2 Å². The first-order chi connectivity index (χ1) is 11.3. The fraction of sp³-hybridized carbons (Fsp3) is 0.167. The van der Waals surface area contributed by atoms with Crippen LogP contribution in [0.2, 0.25) is 0 Å². The van der Waals surface area contributed by atoms with Gasteiger partial charge in [0.2, 0.25) is 0 Å². The zero-order valence-corrected chi connectivity index (χ0v) is 12.9. The van der Waals surface area contributed by atoms with Crippen molar-refractivity contribution in [2.45, 2.75) is 19.6 Å². The molecular formula is C18H15F3N2O. The summed E-state index contributed by atoms with van der Waals surface area (Å²) in [7, 11) is 0. The number of para-hydroxylation sites is 1. The van der Waals surface area contributed by atoms with Crippen LogP contribution in [0.5, 0.6) is 0 Å². The number of aryl methyl sites for hydroxylation is 1. The zero-order chi connectivity index (χ0) is 17.3. The van der Waals surface area contributed by atoms with Crippen LogP contribution in [0.1, 0.15) is 16.7 Å². The van der Waals surface area contributed by atoms with Crippen LogP contribution in [-0.4, -0.2) is 4.98 Å². The van der Waals surface area contributed by atoms with Crippen LogP contribution in [0.25, 0.3) is 10.9 Å². The number of aromatic nitrogens is 1. The molecule has 3 aromatic rings. The van der Waals surface area contributed by atoms with E-state index in [0.29, 0.717) is 11.1 Å². The Morgan fingerprint density at radius 1 is 1.08 bits per heavy atom. The average Bonchev–Trinajstić information content (AvgIpc) is 2.52. The molecule has 124 valence electrons. The molecule has 2 N–H and O–H groups in total. The lowest BCUT2D eigenvalue weighted by molar-refractivity contribution is -0.136. The van der Waals surface area contributed by atoms with Gasteiger partial charge in [0.1, 0.15) is 0 Å². The van der Waals surface area contributed by atoms with Crippen LogP contribution in [0.15, 0.2) is 53.3 Å². The average molecular weight is 332 g/mol. The van der Waals surface area contributed by atoms with E-state index in [-0.39, 0.29) is 17.8 Å². The number of benzene rings is 2. The second-order valence-electron chi connectivity index (χ2n) is 5.61. The van der Waals surface area contributed by atoms with Gasteiger partial charge in [-0.3, -0.25) is 4.79 Å². The highest BCUT2D eigenvalue weighted by atomic mass is 19.4. The normalized spacial score (nSPS) is 11.7. The van der Waals surface area contributed by atoms with Gasteiger partial charge in [0.25, 0.3) is 5.56 Å². The predicted octanol–water partition coefficient (Wildman–Crippen LogP) is 4.47. The van der Waals surface area contributed by atoms with E-state index in [2.05, 4.69) is 10.3 Å². The fourth-order valence-corrected chi connectivity index (χ4v) is 2.58. The largest absolute Gasteiger partial charge is 0.418 e. The third kappa shape index (κ3) is 3.27. The number of hydrogen-bond acceptors (Lipinski definition) is 2. The first kappa shape index (κ1) is 16.1. The minimum Gasteiger partial charge on any atom is -0.380 e. The summed E-state index contributed by atoms with van der Waals surface area (Å²) in [5, 5.41) is 3.56. The highest BCUT2D eigenvalue weighted by molar-refractivity contribution is 5.79. The number of anilines is 1. The molecule has 0 radical (unpaired) electrons. The molecule has 0 fully saturated rings. The fourth-order valence-electron chi connectivity index (χ4n) is 2.58. The molecule has 0 unspecified atom stereocenters. The summed E-state index contributed by atoms with van der Waals surface area (Å²) >= 11 is 0. The summed E-state index contributed by atoms with van der Waals surface area (Å²) in [4.78, 5) is 14.9. The monoisotopic (exact) mass is 332 g/mol. The Bertz CT molecular complexity index is 945. The van der Waals surface area contributed by atoms with E-state index in [1.165, 1.54) is 18.2 Å². The van der Waals surface area contributed by atoms with Gasteiger partial charge in [-0.2, -0.15) is 13.2 Å². The van der Waals surface area contributed by atoms with Crippen molar-refractivity contribution in [2.75, 3.05) is 5.32 Å². The number of fused-ring (bicyclic) bond motifs is 1. The molecule has 6 heteroatoms. The molecule has 3 rings (SSSR count). The van der Waals surface area contributed by atoms with Gasteiger partial charge in [-0.1, -0.05) is 23.8 Å².